The molecule has 0 atom stereocenters. The molecule has 0 bridgehead atoms. The molecule has 0 amide bonds. The maximum Gasteiger partial charge on any atom is 0.0460 e. The normalized spacial score (nSPS) is 10.7. The second-order valence-corrected chi connectivity index (χ2v) is 3.54. The third-order valence-electron chi connectivity index (χ3n) is 2.61. The summed E-state index contributed by atoms with van der Waals surface area (Å²) in [4.78, 5) is 3.27. The molecule has 71 valence electrons. The van der Waals surface area contributed by atoms with E-state index in [9.17, 15) is 0 Å². The lowest BCUT2D eigenvalue weighted by molar-refractivity contribution is 1.47. The molecule has 0 aliphatic heterocycles. The van der Waals surface area contributed by atoms with Gasteiger partial charge in [-0.1, -0.05) is 36.4 Å². The molecule has 1 radical (unpaired) electrons. The molecule has 0 fully saturated rings. The summed E-state index contributed by atoms with van der Waals surface area (Å²) < 4.78 is 0. The van der Waals surface area contributed by atoms with Gasteiger partial charge >= 0.3 is 0 Å². The summed E-state index contributed by atoms with van der Waals surface area (Å²) >= 11 is 0. The van der Waals surface area contributed by atoms with E-state index in [4.69, 9.17) is 0 Å². The smallest absolute Gasteiger partial charge is 0.0460 e. The van der Waals surface area contributed by atoms with Crippen molar-refractivity contribution in [1.82, 2.24) is 4.98 Å². The molecule has 0 spiro atoms. The number of hydrogen-bond donors (Lipinski definition) is 1. The number of fused-ring (bicyclic) bond motifs is 1. The molecule has 2 aromatic carbocycles. The molecule has 0 aliphatic carbocycles. The van der Waals surface area contributed by atoms with E-state index in [-0.39, 0.29) is 0 Å². The van der Waals surface area contributed by atoms with Gasteiger partial charge in [0.1, 0.15) is 0 Å². The summed E-state index contributed by atoms with van der Waals surface area (Å²) in [5.74, 6) is 0. The zero-order valence-corrected chi connectivity index (χ0v) is 8.20. The Labute approximate surface area is 88.4 Å². The van der Waals surface area contributed by atoms with Gasteiger partial charge in [0.25, 0.3) is 0 Å². The Hall–Kier alpha value is -2.02. The van der Waals surface area contributed by atoms with E-state index in [0.717, 1.165) is 0 Å². The molecule has 0 saturated heterocycles. The number of rotatable bonds is 1. The first-order valence-corrected chi connectivity index (χ1v) is 4.98. The summed E-state index contributed by atoms with van der Waals surface area (Å²) in [6, 6.07) is 19.5. The van der Waals surface area contributed by atoms with E-state index < -0.39 is 0 Å². The lowest BCUT2D eigenvalue weighted by Crippen LogP contribution is -1.73. The van der Waals surface area contributed by atoms with E-state index in [1.165, 1.54) is 22.0 Å². The van der Waals surface area contributed by atoms with Crippen LogP contribution in [0.15, 0.2) is 54.7 Å². The van der Waals surface area contributed by atoms with Crippen LogP contribution >= 0.6 is 0 Å². The van der Waals surface area contributed by atoms with Crippen molar-refractivity contribution in [3.05, 3.63) is 60.8 Å². The van der Waals surface area contributed by atoms with Crippen LogP contribution in [0.3, 0.4) is 0 Å². The van der Waals surface area contributed by atoms with Crippen molar-refractivity contribution in [3.63, 3.8) is 0 Å². The Balaban J connectivity index is 2.28. The Morgan fingerprint density at radius 3 is 2.80 bits per heavy atom. The van der Waals surface area contributed by atoms with Crippen molar-refractivity contribution in [1.29, 1.82) is 0 Å². The highest BCUT2D eigenvalue weighted by Gasteiger charge is 2.03. The van der Waals surface area contributed by atoms with Crippen molar-refractivity contribution in [2.75, 3.05) is 0 Å². The summed E-state index contributed by atoms with van der Waals surface area (Å²) in [5, 5.41) is 1.26. The second kappa shape index (κ2) is 3.28. The van der Waals surface area contributed by atoms with E-state index in [1.807, 2.05) is 30.5 Å². The second-order valence-electron chi connectivity index (χ2n) is 3.54. The van der Waals surface area contributed by atoms with Gasteiger partial charge in [-0.2, -0.15) is 0 Å². The Morgan fingerprint density at radius 2 is 1.93 bits per heavy atom. The average molecular weight is 192 g/mol. The summed E-state index contributed by atoms with van der Waals surface area (Å²) in [6.07, 6.45) is 2.05. The quantitative estimate of drug-likeness (QED) is 0.606. The van der Waals surface area contributed by atoms with Crippen LogP contribution in [-0.4, -0.2) is 4.98 Å². The highest BCUT2D eigenvalue weighted by molar-refractivity contribution is 5.95. The molecule has 3 rings (SSSR count). The number of H-pyrrole nitrogens is 1. The minimum absolute atomic E-state index is 1.18. The highest BCUT2D eigenvalue weighted by Crippen LogP contribution is 2.27. The monoisotopic (exact) mass is 192 g/mol. The van der Waals surface area contributed by atoms with Crippen LogP contribution in [0.4, 0.5) is 0 Å². The lowest BCUT2D eigenvalue weighted by Gasteiger charge is -1.97. The van der Waals surface area contributed by atoms with Gasteiger partial charge in [-0.3, -0.25) is 0 Å². The van der Waals surface area contributed by atoms with E-state index in [1.54, 1.807) is 0 Å². The minimum Gasteiger partial charge on any atom is -0.361 e. The van der Waals surface area contributed by atoms with Crippen LogP contribution in [0.5, 0.6) is 0 Å². The highest BCUT2D eigenvalue weighted by atomic mass is 14.7. The van der Waals surface area contributed by atoms with Crippen molar-refractivity contribution < 1.29 is 0 Å². The molecule has 0 saturated carbocycles. The molecule has 3 aromatic rings. The van der Waals surface area contributed by atoms with E-state index in [2.05, 4.69) is 35.3 Å². The number of benzene rings is 2. The first kappa shape index (κ1) is 8.30. The fraction of sp³-hybridized carbons (Fsp3) is 0. The standard InChI is InChI=1S/C14H10N/c1-2-6-11(7-3-1)13-10-15-14-9-5-4-8-12(13)14/h1-2,4-10,15H. The Morgan fingerprint density at radius 1 is 1.00 bits per heavy atom. The van der Waals surface area contributed by atoms with Gasteiger partial charge in [-0.15, -0.1) is 0 Å². The van der Waals surface area contributed by atoms with Crippen molar-refractivity contribution in [2.24, 2.45) is 0 Å². The van der Waals surface area contributed by atoms with Crippen LogP contribution in [0.1, 0.15) is 0 Å². The van der Waals surface area contributed by atoms with Gasteiger partial charge < -0.3 is 4.98 Å². The summed E-state index contributed by atoms with van der Waals surface area (Å²) in [7, 11) is 0. The first-order chi connectivity index (χ1) is 7.45. The van der Waals surface area contributed by atoms with Crippen LogP contribution in [0.2, 0.25) is 0 Å². The fourth-order valence-electron chi connectivity index (χ4n) is 1.87. The van der Waals surface area contributed by atoms with Gasteiger partial charge in [0, 0.05) is 22.7 Å². The van der Waals surface area contributed by atoms with Crippen LogP contribution in [0, 0.1) is 6.07 Å². The maximum absolute atomic E-state index is 3.27. The van der Waals surface area contributed by atoms with Crippen LogP contribution in [0.25, 0.3) is 22.0 Å². The summed E-state index contributed by atoms with van der Waals surface area (Å²) in [5.41, 5.74) is 3.62. The predicted octanol–water partition coefficient (Wildman–Crippen LogP) is 3.64. The molecular formula is C14H10N. The molecule has 1 nitrogen and oxygen atoms in total. The van der Waals surface area contributed by atoms with Crippen molar-refractivity contribution in [2.45, 2.75) is 0 Å². The number of aromatic nitrogens is 1. The molecule has 1 N–H and O–H groups in total. The Bertz CT molecular complexity index is 578. The molecule has 1 heteroatoms. The number of para-hydroxylation sites is 1. The van der Waals surface area contributed by atoms with Gasteiger partial charge in [-0.05, 0) is 23.8 Å². The lowest BCUT2D eigenvalue weighted by atomic mass is 10.1. The van der Waals surface area contributed by atoms with Gasteiger partial charge in [0.2, 0.25) is 0 Å². The van der Waals surface area contributed by atoms with Crippen LogP contribution < -0.4 is 0 Å². The zero-order valence-electron chi connectivity index (χ0n) is 8.20. The molecular weight excluding hydrogens is 182 g/mol. The largest absolute Gasteiger partial charge is 0.361 e. The average Bonchev–Trinajstić information content (AvgIpc) is 2.74. The number of hydrogen-bond acceptors (Lipinski definition) is 0. The topological polar surface area (TPSA) is 15.8 Å². The number of aromatic amines is 1. The van der Waals surface area contributed by atoms with Crippen molar-refractivity contribution >= 4 is 10.9 Å². The third kappa shape index (κ3) is 1.33. The molecule has 0 aliphatic rings. The predicted molar refractivity (Wildman–Crippen MR) is 62.6 cm³/mol. The molecule has 1 aromatic heterocycles. The molecule has 0 unspecified atom stereocenters. The molecule has 15 heavy (non-hydrogen) atoms. The Kier molecular flexibility index (Phi) is 1.82. The minimum atomic E-state index is 1.18. The summed E-state index contributed by atoms with van der Waals surface area (Å²) in [6.45, 7) is 0. The zero-order chi connectivity index (χ0) is 10.1. The van der Waals surface area contributed by atoms with E-state index in [0.29, 0.717) is 0 Å². The first-order valence-electron chi connectivity index (χ1n) is 4.98. The SMILES string of the molecule is [c]1cccc(-c2c[nH]c3ccccc23)c1. The molecule has 1 heterocycles. The van der Waals surface area contributed by atoms with Crippen molar-refractivity contribution in [3.8, 4) is 11.1 Å². The number of nitrogens with one attached hydrogen (secondary N) is 1. The van der Waals surface area contributed by atoms with E-state index >= 15 is 0 Å². The van der Waals surface area contributed by atoms with Gasteiger partial charge in [-0.25, -0.2) is 0 Å². The van der Waals surface area contributed by atoms with Gasteiger partial charge in [0.05, 0.1) is 0 Å². The third-order valence-corrected chi connectivity index (χ3v) is 2.61. The van der Waals surface area contributed by atoms with Crippen LogP contribution in [-0.2, 0) is 0 Å². The fourth-order valence-corrected chi connectivity index (χ4v) is 1.87. The maximum atomic E-state index is 3.27. The van der Waals surface area contributed by atoms with Gasteiger partial charge in [0.15, 0.2) is 0 Å².